The number of carbonyl (C=O) groups excluding carboxylic acids is 1. The highest BCUT2D eigenvalue weighted by atomic mass is 79.9. The van der Waals surface area contributed by atoms with E-state index in [9.17, 15) is 4.79 Å². The van der Waals surface area contributed by atoms with Crippen molar-refractivity contribution in [3.05, 3.63) is 57.3 Å². The first kappa shape index (κ1) is 14.1. The van der Waals surface area contributed by atoms with Crippen LogP contribution in [-0.2, 0) is 13.0 Å². The van der Waals surface area contributed by atoms with E-state index in [1.807, 2.05) is 13.0 Å². The lowest BCUT2D eigenvalue weighted by atomic mass is 10.1. The van der Waals surface area contributed by atoms with Gasteiger partial charge < -0.3 is 10.1 Å². The number of fused-ring (bicyclic) bond motifs is 1. The quantitative estimate of drug-likeness (QED) is 0.929. The molecule has 0 bridgehead atoms. The molecule has 0 atom stereocenters. The van der Waals surface area contributed by atoms with Crippen molar-refractivity contribution in [3.63, 3.8) is 0 Å². The average Bonchev–Trinajstić information content (AvgIpc) is 2.93. The number of rotatable bonds is 3. The molecule has 108 valence electrons. The molecule has 0 saturated heterocycles. The second-order valence-corrected chi connectivity index (χ2v) is 5.89. The monoisotopic (exact) mass is 346 g/mol. The maximum atomic E-state index is 12.2. The molecule has 1 N–H and O–H groups in total. The second-order valence-electron chi connectivity index (χ2n) is 4.97. The molecule has 1 aliphatic heterocycles. The number of hydrogen-bond acceptors (Lipinski definition) is 3. The highest BCUT2D eigenvalue weighted by Crippen LogP contribution is 2.32. The van der Waals surface area contributed by atoms with Gasteiger partial charge >= 0.3 is 0 Å². The number of pyridine rings is 1. The number of ether oxygens (including phenoxy) is 1. The van der Waals surface area contributed by atoms with Gasteiger partial charge in [0.05, 0.1) is 12.2 Å². The second kappa shape index (κ2) is 5.85. The van der Waals surface area contributed by atoms with E-state index in [1.54, 1.807) is 18.3 Å². The van der Waals surface area contributed by atoms with Crippen LogP contribution in [0.1, 0.15) is 27.2 Å². The van der Waals surface area contributed by atoms with Gasteiger partial charge in [-0.2, -0.15) is 0 Å². The van der Waals surface area contributed by atoms with Crippen LogP contribution >= 0.6 is 15.9 Å². The Labute approximate surface area is 131 Å². The van der Waals surface area contributed by atoms with Crippen molar-refractivity contribution >= 4 is 21.8 Å². The third-order valence-electron chi connectivity index (χ3n) is 3.52. The maximum absolute atomic E-state index is 12.2. The standard InChI is InChI=1S/C16H15BrN2O2/c1-10-14(3-2-5-18-10)16(20)19-9-12-8-13(17)7-11-4-6-21-15(11)12/h2-3,5,7-8H,4,6,9H2,1H3,(H,19,20). The number of amides is 1. The molecule has 21 heavy (non-hydrogen) atoms. The Hall–Kier alpha value is -1.88. The number of nitrogens with one attached hydrogen (secondary N) is 1. The van der Waals surface area contributed by atoms with Gasteiger partial charge in [0.1, 0.15) is 5.75 Å². The smallest absolute Gasteiger partial charge is 0.253 e. The minimum Gasteiger partial charge on any atom is -0.493 e. The predicted octanol–water partition coefficient (Wildman–Crippen LogP) is 3.02. The summed E-state index contributed by atoms with van der Waals surface area (Å²) in [6.07, 6.45) is 2.60. The summed E-state index contributed by atoms with van der Waals surface area (Å²) >= 11 is 3.50. The van der Waals surface area contributed by atoms with Crippen LogP contribution < -0.4 is 10.1 Å². The number of halogens is 1. The van der Waals surface area contributed by atoms with Gasteiger partial charge in [-0.15, -0.1) is 0 Å². The molecule has 1 aromatic heterocycles. The van der Waals surface area contributed by atoms with E-state index in [1.165, 1.54) is 5.56 Å². The summed E-state index contributed by atoms with van der Waals surface area (Å²) in [7, 11) is 0. The molecule has 2 aromatic rings. The topological polar surface area (TPSA) is 51.2 Å². The lowest BCUT2D eigenvalue weighted by Crippen LogP contribution is -2.24. The van der Waals surface area contributed by atoms with Crippen molar-refractivity contribution in [1.82, 2.24) is 10.3 Å². The zero-order valence-electron chi connectivity index (χ0n) is 11.6. The van der Waals surface area contributed by atoms with E-state index >= 15 is 0 Å². The van der Waals surface area contributed by atoms with Crippen LogP contribution in [-0.4, -0.2) is 17.5 Å². The van der Waals surface area contributed by atoms with Crippen LogP contribution in [0.4, 0.5) is 0 Å². The Balaban J connectivity index is 1.77. The number of benzene rings is 1. The van der Waals surface area contributed by atoms with E-state index in [4.69, 9.17) is 4.74 Å². The molecule has 0 unspecified atom stereocenters. The fraction of sp³-hybridized carbons (Fsp3) is 0.250. The Kier molecular flexibility index (Phi) is 3.92. The Morgan fingerprint density at radius 3 is 3.14 bits per heavy atom. The van der Waals surface area contributed by atoms with Crippen molar-refractivity contribution < 1.29 is 9.53 Å². The van der Waals surface area contributed by atoms with Crippen LogP contribution in [0.3, 0.4) is 0 Å². The minimum atomic E-state index is -0.118. The summed E-state index contributed by atoms with van der Waals surface area (Å²) in [6.45, 7) is 2.97. The fourth-order valence-corrected chi connectivity index (χ4v) is 3.02. The number of nitrogens with zero attached hydrogens (tertiary/aromatic N) is 1. The van der Waals surface area contributed by atoms with E-state index in [2.05, 4.69) is 32.3 Å². The molecule has 2 heterocycles. The number of carbonyl (C=O) groups is 1. The van der Waals surface area contributed by atoms with Crippen molar-refractivity contribution in [1.29, 1.82) is 0 Å². The normalized spacial score (nSPS) is 12.7. The lowest BCUT2D eigenvalue weighted by molar-refractivity contribution is 0.0949. The number of hydrogen-bond donors (Lipinski definition) is 1. The van der Waals surface area contributed by atoms with E-state index < -0.39 is 0 Å². The molecule has 1 aliphatic rings. The predicted molar refractivity (Wildman–Crippen MR) is 83.5 cm³/mol. The Morgan fingerprint density at radius 2 is 2.33 bits per heavy atom. The van der Waals surface area contributed by atoms with Crippen LogP contribution in [0.25, 0.3) is 0 Å². The molecule has 0 aliphatic carbocycles. The van der Waals surface area contributed by atoms with Crippen molar-refractivity contribution in [2.45, 2.75) is 19.9 Å². The maximum Gasteiger partial charge on any atom is 0.253 e. The van der Waals surface area contributed by atoms with Gasteiger partial charge in [0.25, 0.3) is 5.91 Å². The van der Waals surface area contributed by atoms with Crippen LogP contribution in [0.2, 0.25) is 0 Å². The Bertz CT molecular complexity index is 701. The van der Waals surface area contributed by atoms with Gasteiger partial charge in [-0.1, -0.05) is 15.9 Å². The molecule has 0 fully saturated rings. The van der Waals surface area contributed by atoms with Gasteiger partial charge in [-0.25, -0.2) is 0 Å². The summed E-state index contributed by atoms with van der Waals surface area (Å²) < 4.78 is 6.67. The van der Waals surface area contributed by atoms with E-state index in [-0.39, 0.29) is 5.91 Å². The Morgan fingerprint density at radius 1 is 1.48 bits per heavy atom. The third-order valence-corrected chi connectivity index (χ3v) is 3.97. The van der Waals surface area contributed by atoms with Crippen molar-refractivity contribution in [2.75, 3.05) is 6.61 Å². The van der Waals surface area contributed by atoms with Gasteiger partial charge in [0, 0.05) is 34.9 Å². The first-order valence-electron chi connectivity index (χ1n) is 6.79. The van der Waals surface area contributed by atoms with Crippen LogP contribution in [0.5, 0.6) is 5.75 Å². The van der Waals surface area contributed by atoms with Gasteiger partial charge in [-0.05, 0) is 36.8 Å². The number of aromatic nitrogens is 1. The fourth-order valence-electron chi connectivity index (χ4n) is 2.47. The summed E-state index contributed by atoms with van der Waals surface area (Å²) in [5.41, 5.74) is 3.51. The van der Waals surface area contributed by atoms with E-state index in [0.29, 0.717) is 18.7 Å². The number of aryl methyl sites for hydroxylation is 1. The highest BCUT2D eigenvalue weighted by Gasteiger charge is 2.18. The minimum absolute atomic E-state index is 0.118. The molecule has 1 amide bonds. The lowest BCUT2D eigenvalue weighted by Gasteiger charge is -2.11. The third kappa shape index (κ3) is 2.93. The first-order valence-corrected chi connectivity index (χ1v) is 7.58. The molecule has 5 heteroatoms. The largest absolute Gasteiger partial charge is 0.493 e. The van der Waals surface area contributed by atoms with Gasteiger partial charge in [0.2, 0.25) is 0 Å². The molecule has 1 aromatic carbocycles. The summed E-state index contributed by atoms with van der Waals surface area (Å²) in [4.78, 5) is 16.4. The first-order chi connectivity index (χ1) is 10.1. The molecule has 0 radical (unpaired) electrons. The summed E-state index contributed by atoms with van der Waals surface area (Å²) in [5, 5.41) is 2.93. The molecule has 4 nitrogen and oxygen atoms in total. The zero-order valence-corrected chi connectivity index (χ0v) is 13.2. The SMILES string of the molecule is Cc1ncccc1C(=O)NCc1cc(Br)cc2c1OCC2. The molecule has 0 spiro atoms. The zero-order chi connectivity index (χ0) is 14.8. The van der Waals surface area contributed by atoms with Crippen molar-refractivity contribution in [2.24, 2.45) is 0 Å². The van der Waals surface area contributed by atoms with Crippen LogP contribution in [0.15, 0.2) is 34.9 Å². The molecular formula is C16H15BrN2O2. The van der Waals surface area contributed by atoms with Crippen LogP contribution in [0, 0.1) is 6.92 Å². The van der Waals surface area contributed by atoms with Gasteiger partial charge in [-0.3, -0.25) is 9.78 Å². The summed E-state index contributed by atoms with van der Waals surface area (Å²) in [5.74, 6) is 0.786. The van der Waals surface area contributed by atoms with E-state index in [0.717, 1.165) is 27.9 Å². The molecule has 0 saturated carbocycles. The summed E-state index contributed by atoms with van der Waals surface area (Å²) in [6, 6.07) is 7.60. The van der Waals surface area contributed by atoms with Crippen molar-refractivity contribution in [3.8, 4) is 5.75 Å². The molecular weight excluding hydrogens is 332 g/mol. The average molecular weight is 347 g/mol. The highest BCUT2D eigenvalue weighted by molar-refractivity contribution is 9.10. The van der Waals surface area contributed by atoms with Gasteiger partial charge in [0.15, 0.2) is 0 Å². The molecule has 3 rings (SSSR count).